The Morgan fingerprint density at radius 1 is 0.383 bits per heavy atom. The highest BCUT2D eigenvalue weighted by molar-refractivity contribution is 6.01. The highest BCUT2D eigenvalue weighted by Crippen LogP contribution is 2.34. The van der Waals surface area contributed by atoms with E-state index in [1.807, 2.05) is 0 Å². The maximum absolute atomic E-state index is 13.6. The molecule has 0 unspecified atom stereocenters. The van der Waals surface area contributed by atoms with Crippen LogP contribution >= 0.6 is 0 Å². The van der Waals surface area contributed by atoms with Gasteiger partial charge in [-0.3, -0.25) is 19.2 Å². The van der Waals surface area contributed by atoms with Gasteiger partial charge >= 0.3 is 0 Å². The first-order valence-corrected chi connectivity index (χ1v) is 19.5. The molecule has 14 heteroatoms. The summed E-state index contributed by atoms with van der Waals surface area (Å²) in [5.41, 5.74) is 3.23. The third-order valence-corrected chi connectivity index (χ3v) is 9.89. The van der Waals surface area contributed by atoms with Crippen LogP contribution in [0.4, 0.5) is 0 Å². The normalized spacial score (nSPS) is 10.6. The van der Waals surface area contributed by atoms with Crippen LogP contribution in [0.2, 0.25) is 0 Å². The first kappa shape index (κ1) is 46.3. The molecule has 322 valence electrons. The Kier molecular flexibility index (Phi) is 17.9. The van der Waals surface area contributed by atoms with Gasteiger partial charge in [0, 0.05) is 37.1 Å². The highest BCUT2D eigenvalue weighted by atomic mass is 16.5. The van der Waals surface area contributed by atoms with E-state index in [4.69, 9.17) is 37.9 Å². The number of nitrogens with one attached hydrogen (secondary N) is 2. The molecule has 14 nitrogen and oxygen atoms in total. The fourth-order valence-corrected chi connectivity index (χ4v) is 6.73. The molecular formula is C46H56N2O12. The predicted octanol–water partition coefficient (Wildman–Crippen LogP) is 6.18. The molecule has 4 aromatic rings. The van der Waals surface area contributed by atoms with E-state index in [0.29, 0.717) is 81.3 Å². The monoisotopic (exact) mass is 828 g/mol. The predicted molar refractivity (Wildman–Crippen MR) is 226 cm³/mol. The molecule has 0 atom stereocenters. The number of Topliss-reactive ketones (excluding diaryl/α,β-unsaturated/α-hetero) is 2. The minimum Gasteiger partial charge on any atom is -0.493 e. The number of benzene rings is 4. The largest absolute Gasteiger partial charge is 0.493 e. The van der Waals surface area contributed by atoms with E-state index in [-0.39, 0.29) is 49.1 Å². The van der Waals surface area contributed by atoms with Crippen molar-refractivity contribution in [2.75, 3.05) is 70.0 Å². The Balaban J connectivity index is 1.26. The molecule has 0 bridgehead atoms. The number of amides is 2. The topological polar surface area (TPSA) is 166 Å². The number of carbonyl (C=O) groups excluding carboxylic acids is 4. The number of carbonyl (C=O) groups is 4. The van der Waals surface area contributed by atoms with Gasteiger partial charge in [0.05, 0.1) is 69.7 Å². The van der Waals surface area contributed by atoms with Gasteiger partial charge in [-0.05, 0) is 83.6 Å². The average molecular weight is 829 g/mol. The smallest absolute Gasteiger partial charge is 0.224 e. The van der Waals surface area contributed by atoms with E-state index in [1.165, 1.54) is 42.7 Å². The van der Waals surface area contributed by atoms with Gasteiger partial charge < -0.3 is 48.5 Å². The summed E-state index contributed by atoms with van der Waals surface area (Å²) in [4.78, 5) is 53.3. The van der Waals surface area contributed by atoms with Crippen molar-refractivity contribution < 1.29 is 57.1 Å². The molecule has 0 heterocycles. The van der Waals surface area contributed by atoms with Crippen LogP contribution in [0.15, 0.2) is 60.7 Å². The summed E-state index contributed by atoms with van der Waals surface area (Å²) >= 11 is 0. The lowest BCUT2D eigenvalue weighted by atomic mass is 9.95. The third-order valence-electron chi connectivity index (χ3n) is 9.89. The van der Waals surface area contributed by atoms with Gasteiger partial charge in [0.25, 0.3) is 0 Å². The zero-order valence-corrected chi connectivity index (χ0v) is 35.7. The summed E-state index contributed by atoms with van der Waals surface area (Å²) in [5, 5.41) is 5.91. The van der Waals surface area contributed by atoms with E-state index in [0.717, 1.165) is 36.8 Å². The van der Waals surface area contributed by atoms with E-state index >= 15 is 0 Å². The van der Waals surface area contributed by atoms with Gasteiger partial charge in [-0.1, -0.05) is 25.0 Å². The van der Waals surface area contributed by atoms with Crippen molar-refractivity contribution in [3.05, 3.63) is 94.0 Å². The van der Waals surface area contributed by atoms with Gasteiger partial charge in [-0.15, -0.1) is 0 Å². The van der Waals surface area contributed by atoms with Crippen LogP contribution in [0.25, 0.3) is 0 Å². The first-order chi connectivity index (χ1) is 29.0. The summed E-state index contributed by atoms with van der Waals surface area (Å²) in [6.45, 7) is 0.902. The lowest BCUT2D eigenvalue weighted by Crippen LogP contribution is -2.27. The van der Waals surface area contributed by atoms with Crippen LogP contribution in [0.3, 0.4) is 0 Å². The van der Waals surface area contributed by atoms with Crippen molar-refractivity contribution in [2.45, 2.75) is 51.4 Å². The van der Waals surface area contributed by atoms with E-state index in [9.17, 15) is 19.2 Å². The molecule has 0 aromatic heterocycles. The Morgan fingerprint density at radius 2 is 0.700 bits per heavy atom. The summed E-state index contributed by atoms with van der Waals surface area (Å²) < 4.78 is 43.3. The van der Waals surface area contributed by atoms with Crippen molar-refractivity contribution in [2.24, 2.45) is 0 Å². The fourth-order valence-electron chi connectivity index (χ4n) is 6.73. The Morgan fingerprint density at radius 3 is 1.03 bits per heavy atom. The van der Waals surface area contributed by atoms with Crippen LogP contribution in [-0.2, 0) is 35.3 Å². The summed E-state index contributed by atoms with van der Waals surface area (Å²) in [6, 6.07) is 17.1. The lowest BCUT2D eigenvalue weighted by Gasteiger charge is -2.15. The van der Waals surface area contributed by atoms with Crippen molar-refractivity contribution in [3.63, 3.8) is 0 Å². The van der Waals surface area contributed by atoms with E-state index in [2.05, 4.69) is 10.6 Å². The molecule has 0 radical (unpaired) electrons. The second kappa shape index (κ2) is 23.2. The van der Waals surface area contributed by atoms with Gasteiger partial charge in [0.15, 0.2) is 57.6 Å². The number of ketones is 2. The van der Waals surface area contributed by atoms with Crippen molar-refractivity contribution in [1.29, 1.82) is 0 Å². The molecule has 0 spiro atoms. The summed E-state index contributed by atoms with van der Waals surface area (Å²) in [6.07, 6.45) is 3.21. The van der Waals surface area contributed by atoms with Gasteiger partial charge in [-0.25, -0.2) is 0 Å². The van der Waals surface area contributed by atoms with Gasteiger partial charge in [-0.2, -0.15) is 0 Å². The van der Waals surface area contributed by atoms with E-state index < -0.39 is 0 Å². The number of hydrogen-bond donors (Lipinski definition) is 2. The maximum atomic E-state index is 13.6. The summed E-state index contributed by atoms with van der Waals surface area (Å²) in [5.74, 6) is 2.89. The zero-order valence-electron chi connectivity index (χ0n) is 35.7. The molecule has 4 aromatic carbocycles. The molecule has 0 saturated heterocycles. The number of ether oxygens (including phenoxy) is 8. The minimum atomic E-state index is -0.230. The molecule has 0 aliphatic heterocycles. The molecule has 2 amide bonds. The van der Waals surface area contributed by atoms with Crippen LogP contribution in [-0.4, -0.2) is 93.3 Å². The molecule has 60 heavy (non-hydrogen) atoms. The number of rotatable bonds is 25. The molecule has 0 saturated carbocycles. The average Bonchev–Trinajstić information content (AvgIpc) is 3.26. The standard InChI is InChI=1S/C46H56N2O12/c1-53-37-15-13-29(21-39(37)55-3)19-35(49)33-27-43(59-7)41(57-5)23-31(33)25-45(51)47-17-11-9-10-12-18-48-46(52)26-32-24-42(58-6)44(60-8)28-34(32)36(50)20-30-14-16-38(54-2)40(22-30)56-4/h13-16,21-24,27-28H,9-12,17-20,25-26H2,1-8H3,(H,47,51)(H,48,52). The number of methoxy groups -OCH3 is 8. The Labute approximate surface area is 351 Å². The van der Waals surface area contributed by atoms with Gasteiger partial charge in [0.1, 0.15) is 0 Å². The van der Waals surface area contributed by atoms with Gasteiger partial charge in [0.2, 0.25) is 11.8 Å². The molecule has 0 aliphatic carbocycles. The minimum absolute atomic E-state index is 0.0248. The Bertz CT molecular complexity index is 1970. The van der Waals surface area contributed by atoms with Crippen LogP contribution in [0.1, 0.15) is 68.7 Å². The van der Waals surface area contributed by atoms with Crippen molar-refractivity contribution >= 4 is 23.4 Å². The van der Waals surface area contributed by atoms with Crippen LogP contribution in [0.5, 0.6) is 46.0 Å². The van der Waals surface area contributed by atoms with Crippen LogP contribution < -0.4 is 48.5 Å². The fraction of sp³-hybridized carbons (Fsp3) is 0.391. The molecule has 2 N–H and O–H groups in total. The van der Waals surface area contributed by atoms with Crippen molar-refractivity contribution in [3.8, 4) is 46.0 Å². The highest BCUT2D eigenvalue weighted by Gasteiger charge is 2.22. The molecule has 4 rings (SSSR count). The zero-order chi connectivity index (χ0) is 43.6. The maximum Gasteiger partial charge on any atom is 0.224 e. The first-order valence-electron chi connectivity index (χ1n) is 19.5. The molecule has 0 fully saturated rings. The number of hydrogen-bond acceptors (Lipinski definition) is 12. The second-order valence-electron chi connectivity index (χ2n) is 13.8. The quantitative estimate of drug-likeness (QED) is 0.0576. The van der Waals surface area contributed by atoms with Crippen LogP contribution in [0, 0.1) is 0 Å². The van der Waals surface area contributed by atoms with Crippen molar-refractivity contribution in [1.82, 2.24) is 10.6 Å². The Hall–Kier alpha value is -6.44. The molecule has 0 aliphatic rings. The van der Waals surface area contributed by atoms with E-state index in [1.54, 1.807) is 74.9 Å². The molecular weight excluding hydrogens is 773 g/mol. The third kappa shape index (κ3) is 12.5. The second-order valence-corrected chi connectivity index (χ2v) is 13.8. The number of unbranched alkanes of at least 4 members (excludes halogenated alkanes) is 3. The lowest BCUT2D eigenvalue weighted by molar-refractivity contribution is -0.121. The summed E-state index contributed by atoms with van der Waals surface area (Å²) in [7, 11) is 12.1. The SMILES string of the molecule is COc1ccc(CC(=O)c2cc(OC)c(OC)cc2CC(=O)NCCCCCCNC(=O)Cc2cc(OC)c(OC)cc2C(=O)Cc2ccc(OC)c(OC)c2)cc1OC.